The molecule has 0 saturated heterocycles. The number of carbonyl (C=O) groups is 1. The predicted octanol–water partition coefficient (Wildman–Crippen LogP) is 3.89. The second-order valence-electron chi connectivity index (χ2n) is 5.65. The number of carbonyl (C=O) groups excluding carboxylic acids is 1. The first-order chi connectivity index (χ1) is 13.1. The number of ether oxygens (including phenoxy) is 5. The summed E-state index contributed by atoms with van der Waals surface area (Å²) in [6, 6.07) is 8.76. The van der Waals surface area contributed by atoms with Crippen LogP contribution in [0.15, 0.2) is 36.4 Å². The highest BCUT2D eigenvalue weighted by Crippen LogP contribution is 2.38. The molecule has 0 bridgehead atoms. The van der Waals surface area contributed by atoms with Crippen LogP contribution in [0.4, 0.5) is 0 Å². The van der Waals surface area contributed by atoms with Crippen molar-refractivity contribution in [2.24, 2.45) is 0 Å². The van der Waals surface area contributed by atoms with E-state index in [9.17, 15) is 4.79 Å². The third-order valence-corrected chi connectivity index (χ3v) is 4.16. The Kier molecular flexibility index (Phi) is 6.08. The predicted molar refractivity (Wildman–Crippen MR) is 101 cm³/mol. The Balaban J connectivity index is 1.63. The lowest BCUT2D eigenvalue weighted by atomic mass is 10.1. The third-order valence-electron chi connectivity index (χ3n) is 3.88. The number of hydrogen-bond acceptors (Lipinski definition) is 6. The Morgan fingerprint density at radius 1 is 1.15 bits per heavy atom. The number of rotatable bonds is 6. The molecule has 0 spiro atoms. The smallest absolute Gasteiger partial charge is 0.331 e. The van der Waals surface area contributed by atoms with E-state index in [2.05, 4.69) is 0 Å². The maximum atomic E-state index is 12.0. The SMILES string of the molecule is COc1ccc(/C=C/C(=O)OCc2cc(Cl)c3c(c2)OCCO3)c(OC)c1. The molecule has 142 valence electrons. The van der Waals surface area contributed by atoms with E-state index in [1.165, 1.54) is 6.08 Å². The van der Waals surface area contributed by atoms with E-state index < -0.39 is 5.97 Å². The van der Waals surface area contributed by atoms with Gasteiger partial charge in [0.15, 0.2) is 11.5 Å². The largest absolute Gasteiger partial charge is 0.497 e. The molecule has 2 aromatic carbocycles. The molecule has 2 aromatic rings. The number of hydrogen-bond donors (Lipinski definition) is 0. The molecule has 7 heteroatoms. The number of methoxy groups -OCH3 is 2. The first-order valence-electron chi connectivity index (χ1n) is 8.25. The van der Waals surface area contributed by atoms with Crippen LogP contribution in [0.3, 0.4) is 0 Å². The summed E-state index contributed by atoms with van der Waals surface area (Å²) in [5, 5.41) is 0.428. The van der Waals surface area contributed by atoms with Gasteiger partial charge in [0.05, 0.1) is 19.2 Å². The minimum atomic E-state index is -0.487. The first kappa shape index (κ1) is 18.9. The maximum absolute atomic E-state index is 12.0. The van der Waals surface area contributed by atoms with Crippen molar-refractivity contribution < 1.29 is 28.5 Å². The normalized spacial score (nSPS) is 12.7. The standard InChI is InChI=1S/C20H19ClO6/c1-23-15-5-3-14(17(11-15)24-2)4-6-19(22)27-12-13-9-16(21)20-18(10-13)25-7-8-26-20/h3-6,9-11H,7-8,12H2,1-2H3/b6-4+. The molecule has 1 heterocycles. The number of fused-ring (bicyclic) bond motifs is 1. The summed E-state index contributed by atoms with van der Waals surface area (Å²) in [6.07, 6.45) is 2.96. The number of benzene rings is 2. The van der Waals surface area contributed by atoms with Crippen LogP contribution in [-0.2, 0) is 16.1 Å². The molecular weight excluding hydrogens is 372 g/mol. The van der Waals surface area contributed by atoms with Gasteiger partial charge in [0, 0.05) is 17.7 Å². The quantitative estimate of drug-likeness (QED) is 0.551. The van der Waals surface area contributed by atoms with Crippen molar-refractivity contribution in [3.8, 4) is 23.0 Å². The Bertz CT molecular complexity index is 862. The molecule has 0 saturated carbocycles. The van der Waals surface area contributed by atoms with Gasteiger partial charge in [0.25, 0.3) is 0 Å². The van der Waals surface area contributed by atoms with Gasteiger partial charge in [0.2, 0.25) is 0 Å². The van der Waals surface area contributed by atoms with E-state index in [0.29, 0.717) is 46.8 Å². The summed E-state index contributed by atoms with van der Waals surface area (Å²) < 4.78 is 26.7. The van der Waals surface area contributed by atoms with Gasteiger partial charge in [-0.25, -0.2) is 4.79 Å². The fourth-order valence-electron chi connectivity index (χ4n) is 2.56. The van der Waals surface area contributed by atoms with E-state index in [-0.39, 0.29) is 6.61 Å². The van der Waals surface area contributed by atoms with Gasteiger partial charge in [-0.1, -0.05) is 11.6 Å². The summed E-state index contributed by atoms with van der Waals surface area (Å²) in [5.41, 5.74) is 1.45. The molecule has 0 aliphatic carbocycles. The second kappa shape index (κ2) is 8.68. The molecular formula is C20H19ClO6. The van der Waals surface area contributed by atoms with Crippen molar-refractivity contribution in [3.05, 3.63) is 52.6 Å². The second-order valence-corrected chi connectivity index (χ2v) is 6.06. The zero-order valence-electron chi connectivity index (χ0n) is 15.0. The highest BCUT2D eigenvalue weighted by Gasteiger charge is 2.17. The molecule has 0 amide bonds. The summed E-state index contributed by atoms with van der Waals surface area (Å²) in [7, 11) is 3.13. The van der Waals surface area contributed by atoms with Gasteiger partial charge in [0.1, 0.15) is 31.3 Å². The molecule has 0 aromatic heterocycles. The summed E-state index contributed by atoms with van der Waals surface area (Å²) >= 11 is 6.18. The lowest BCUT2D eigenvalue weighted by Gasteiger charge is -2.20. The zero-order chi connectivity index (χ0) is 19.2. The summed E-state index contributed by atoms with van der Waals surface area (Å²) in [5.74, 6) is 1.85. The van der Waals surface area contributed by atoms with Crippen molar-refractivity contribution in [1.29, 1.82) is 0 Å². The van der Waals surface area contributed by atoms with Gasteiger partial charge >= 0.3 is 5.97 Å². The van der Waals surface area contributed by atoms with Crippen LogP contribution >= 0.6 is 11.6 Å². The maximum Gasteiger partial charge on any atom is 0.331 e. The van der Waals surface area contributed by atoms with Crippen molar-refractivity contribution in [1.82, 2.24) is 0 Å². The highest BCUT2D eigenvalue weighted by atomic mass is 35.5. The minimum absolute atomic E-state index is 0.0687. The zero-order valence-corrected chi connectivity index (χ0v) is 15.7. The Labute approximate surface area is 162 Å². The molecule has 0 atom stereocenters. The van der Waals surface area contributed by atoms with E-state index >= 15 is 0 Å². The molecule has 3 rings (SSSR count). The van der Waals surface area contributed by atoms with Crippen LogP contribution in [0.25, 0.3) is 6.08 Å². The lowest BCUT2D eigenvalue weighted by Crippen LogP contribution is -2.16. The van der Waals surface area contributed by atoms with Gasteiger partial charge in [-0.2, -0.15) is 0 Å². The topological polar surface area (TPSA) is 63.2 Å². The first-order valence-corrected chi connectivity index (χ1v) is 8.63. The summed E-state index contributed by atoms with van der Waals surface area (Å²) in [4.78, 5) is 12.0. The van der Waals surface area contributed by atoms with Gasteiger partial charge in [-0.3, -0.25) is 0 Å². The van der Waals surface area contributed by atoms with Crippen LogP contribution in [-0.4, -0.2) is 33.4 Å². The van der Waals surface area contributed by atoms with Gasteiger partial charge in [-0.15, -0.1) is 0 Å². The highest BCUT2D eigenvalue weighted by molar-refractivity contribution is 6.32. The lowest BCUT2D eigenvalue weighted by molar-refractivity contribution is -0.138. The van der Waals surface area contributed by atoms with Crippen molar-refractivity contribution in [3.63, 3.8) is 0 Å². The average Bonchev–Trinajstić information content (AvgIpc) is 2.70. The van der Waals surface area contributed by atoms with E-state index in [1.54, 1.807) is 50.6 Å². The average molecular weight is 391 g/mol. The van der Waals surface area contributed by atoms with Crippen LogP contribution in [0.2, 0.25) is 5.02 Å². The molecule has 0 N–H and O–H groups in total. The molecule has 1 aliphatic heterocycles. The molecule has 0 radical (unpaired) electrons. The molecule has 1 aliphatic rings. The van der Waals surface area contributed by atoms with Crippen LogP contribution in [0.5, 0.6) is 23.0 Å². The van der Waals surface area contributed by atoms with Gasteiger partial charge < -0.3 is 23.7 Å². The monoisotopic (exact) mass is 390 g/mol. The number of halogens is 1. The van der Waals surface area contributed by atoms with Crippen molar-refractivity contribution in [2.75, 3.05) is 27.4 Å². The number of esters is 1. The Hall–Kier alpha value is -2.86. The van der Waals surface area contributed by atoms with E-state index in [0.717, 1.165) is 5.56 Å². The fourth-order valence-corrected chi connectivity index (χ4v) is 2.85. The molecule has 6 nitrogen and oxygen atoms in total. The Morgan fingerprint density at radius 2 is 1.96 bits per heavy atom. The molecule has 0 unspecified atom stereocenters. The van der Waals surface area contributed by atoms with Gasteiger partial charge in [-0.05, 0) is 35.9 Å². The molecule has 0 fully saturated rings. The van der Waals surface area contributed by atoms with Crippen molar-refractivity contribution in [2.45, 2.75) is 6.61 Å². The Morgan fingerprint density at radius 3 is 2.74 bits per heavy atom. The van der Waals surface area contributed by atoms with Crippen molar-refractivity contribution >= 4 is 23.6 Å². The fraction of sp³-hybridized carbons (Fsp3) is 0.250. The summed E-state index contributed by atoms with van der Waals surface area (Å²) in [6.45, 7) is 0.985. The van der Waals surface area contributed by atoms with E-state index in [1.807, 2.05) is 0 Å². The van der Waals surface area contributed by atoms with Crippen LogP contribution in [0, 0.1) is 0 Å². The molecule has 27 heavy (non-hydrogen) atoms. The van der Waals surface area contributed by atoms with Crippen LogP contribution < -0.4 is 18.9 Å². The minimum Gasteiger partial charge on any atom is -0.497 e. The third kappa shape index (κ3) is 4.65. The van der Waals surface area contributed by atoms with E-state index in [4.69, 9.17) is 35.3 Å². The van der Waals surface area contributed by atoms with Crippen LogP contribution in [0.1, 0.15) is 11.1 Å².